The molecular weight excluding hydrogens is 420 g/mol. The van der Waals surface area contributed by atoms with Crippen molar-refractivity contribution in [3.8, 4) is 0 Å². The first kappa shape index (κ1) is 24.7. The molecule has 1 heterocycles. The molecule has 1 N–H and O–H groups in total. The number of ketones is 1. The van der Waals surface area contributed by atoms with Gasteiger partial charge in [0.05, 0.1) is 6.54 Å². The van der Waals surface area contributed by atoms with Crippen molar-refractivity contribution in [2.75, 3.05) is 19.6 Å². The lowest BCUT2D eigenvalue weighted by Gasteiger charge is -2.47. The number of amides is 1. The van der Waals surface area contributed by atoms with Crippen LogP contribution in [0.3, 0.4) is 0 Å². The van der Waals surface area contributed by atoms with E-state index in [1.165, 1.54) is 11.1 Å². The van der Waals surface area contributed by atoms with Crippen molar-refractivity contribution in [3.63, 3.8) is 0 Å². The summed E-state index contributed by atoms with van der Waals surface area (Å²) in [7, 11) is 0. The van der Waals surface area contributed by atoms with Crippen LogP contribution >= 0.6 is 0 Å². The van der Waals surface area contributed by atoms with Crippen LogP contribution < -0.4 is 5.32 Å². The van der Waals surface area contributed by atoms with Gasteiger partial charge in [0.2, 0.25) is 0 Å². The highest BCUT2D eigenvalue weighted by Gasteiger charge is 2.42. The third-order valence-electron chi connectivity index (χ3n) is 8.46. The Labute approximate surface area is 205 Å². The standard InChI is InChI=1S/C30H40N2O2/c1-20-16-26-25(29(3,4)18-21(2)30(26,5)6)17-24(20)27(33)19-32-14-12-23(13-15-32)31-28(34)22-10-8-7-9-11-22/h7-11,16-17,21,23H,12-15,18-19H2,1-6H3,(H,31,34). The highest BCUT2D eigenvalue weighted by Crippen LogP contribution is 2.49. The molecule has 1 fully saturated rings. The third-order valence-corrected chi connectivity index (χ3v) is 8.46. The molecule has 0 radical (unpaired) electrons. The van der Waals surface area contributed by atoms with Crippen LogP contribution in [0.15, 0.2) is 42.5 Å². The van der Waals surface area contributed by atoms with E-state index in [2.05, 4.69) is 63.9 Å². The second-order valence-corrected chi connectivity index (χ2v) is 11.7. The van der Waals surface area contributed by atoms with E-state index >= 15 is 0 Å². The summed E-state index contributed by atoms with van der Waals surface area (Å²) in [6.45, 7) is 15.8. The van der Waals surface area contributed by atoms with Crippen molar-refractivity contribution in [2.24, 2.45) is 5.92 Å². The van der Waals surface area contributed by atoms with E-state index in [4.69, 9.17) is 0 Å². The highest BCUT2D eigenvalue weighted by atomic mass is 16.1. The van der Waals surface area contributed by atoms with Crippen LogP contribution in [0.2, 0.25) is 0 Å². The van der Waals surface area contributed by atoms with Gasteiger partial charge in [0.1, 0.15) is 0 Å². The number of nitrogens with zero attached hydrogens (tertiary/aromatic N) is 1. The number of fused-ring (bicyclic) bond motifs is 1. The molecule has 1 aliphatic carbocycles. The van der Waals surface area contributed by atoms with E-state index in [1.54, 1.807) is 0 Å². The molecule has 0 saturated carbocycles. The lowest BCUT2D eigenvalue weighted by molar-refractivity contribution is 0.0858. The summed E-state index contributed by atoms with van der Waals surface area (Å²) < 4.78 is 0. The number of piperidine rings is 1. The van der Waals surface area contributed by atoms with Crippen molar-refractivity contribution in [1.29, 1.82) is 0 Å². The van der Waals surface area contributed by atoms with Crippen molar-refractivity contribution < 1.29 is 9.59 Å². The second kappa shape index (κ2) is 9.30. The SMILES string of the molecule is Cc1cc2c(cc1C(=O)CN1CCC(NC(=O)c3ccccc3)CC1)C(C)(C)CC(C)C2(C)C. The predicted octanol–water partition coefficient (Wildman–Crippen LogP) is 5.67. The Morgan fingerprint density at radius 2 is 1.65 bits per heavy atom. The molecule has 0 bridgehead atoms. The minimum Gasteiger partial charge on any atom is -0.349 e. The van der Waals surface area contributed by atoms with Crippen molar-refractivity contribution in [1.82, 2.24) is 10.2 Å². The number of aryl methyl sites for hydroxylation is 1. The fourth-order valence-electron chi connectivity index (χ4n) is 5.88. The number of likely N-dealkylation sites (tertiary alicyclic amines) is 1. The third kappa shape index (κ3) is 4.84. The second-order valence-electron chi connectivity index (χ2n) is 11.7. The molecule has 1 saturated heterocycles. The molecule has 2 aromatic carbocycles. The van der Waals surface area contributed by atoms with Gasteiger partial charge >= 0.3 is 0 Å². The largest absolute Gasteiger partial charge is 0.349 e. The molecule has 2 aromatic rings. The van der Waals surface area contributed by atoms with E-state index in [0.29, 0.717) is 18.0 Å². The number of rotatable bonds is 5. The van der Waals surface area contributed by atoms with E-state index in [1.807, 2.05) is 30.3 Å². The van der Waals surface area contributed by atoms with Crippen LogP contribution in [0.4, 0.5) is 0 Å². The Kier molecular flexibility index (Phi) is 6.74. The zero-order valence-corrected chi connectivity index (χ0v) is 21.7. The summed E-state index contributed by atoms with van der Waals surface area (Å²) in [6, 6.07) is 14.0. The highest BCUT2D eigenvalue weighted by molar-refractivity contribution is 5.99. The zero-order valence-electron chi connectivity index (χ0n) is 21.7. The molecule has 4 nitrogen and oxygen atoms in total. The Morgan fingerprint density at radius 1 is 1.00 bits per heavy atom. The van der Waals surface area contributed by atoms with E-state index in [0.717, 1.165) is 43.5 Å². The lowest BCUT2D eigenvalue weighted by Crippen LogP contribution is -2.46. The molecule has 2 aliphatic rings. The number of carbonyl (C=O) groups excluding carboxylic acids is 2. The van der Waals surface area contributed by atoms with Crippen LogP contribution in [-0.4, -0.2) is 42.3 Å². The topological polar surface area (TPSA) is 49.4 Å². The fourth-order valence-corrected chi connectivity index (χ4v) is 5.88. The number of carbonyl (C=O) groups is 2. The van der Waals surface area contributed by atoms with Gasteiger partial charge in [-0.3, -0.25) is 14.5 Å². The van der Waals surface area contributed by atoms with Crippen LogP contribution in [0.1, 0.15) is 91.3 Å². The van der Waals surface area contributed by atoms with E-state index < -0.39 is 0 Å². The van der Waals surface area contributed by atoms with Crippen LogP contribution in [0.25, 0.3) is 0 Å². The van der Waals surface area contributed by atoms with Crippen LogP contribution in [0.5, 0.6) is 0 Å². The van der Waals surface area contributed by atoms with E-state index in [9.17, 15) is 9.59 Å². The number of hydrogen-bond acceptors (Lipinski definition) is 3. The predicted molar refractivity (Wildman–Crippen MR) is 139 cm³/mol. The molecule has 4 heteroatoms. The smallest absolute Gasteiger partial charge is 0.251 e. The van der Waals surface area contributed by atoms with Gasteiger partial charge < -0.3 is 5.32 Å². The maximum absolute atomic E-state index is 13.4. The van der Waals surface area contributed by atoms with Crippen molar-refractivity contribution in [3.05, 3.63) is 70.3 Å². The first-order chi connectivity index (χ1) is 16.0. The first-order valence-corrected chi connectivity index (χ1v) is 12.8. The minimum absolute atomic E-state index is 0.0142. The number of Topliss-reactive ketones (excluding diaryl/α,β-unsaturated/α-hetero) is 1. The van der Waals surface area contributed by atoms with Gasteiger partial charge in [-0.15, -0.1) is 0 Å². The normalized spacial score (nSPS) is 22.1. The van der Waals surface area contributed by atoms with Gasteiger partial charge in [0.15, 0.2) is 5.78 Å². The molecule has 1 aliphatic heterocycles. The lowest BCUT2D eigenvalue weighted by atomic mass is 9.58. The first-order valence-electron chi connectivity index (χ1n) is 12.8. The van der Waals surface area contributed by atoms with Gasteiger partial charge in [-0.1, -0.05) is 58.9 Å². The molecule has 1 unspecified atom stereocenters. The van der Waals surface area contributed by atoms with Gasteiger partial charge in [0.25, 0.3) is 5.91 Å². The van der Waals surface area contributed by atoms with Crippen molar-refractivity contribution in [2.45, 2.75) is 77.7 Å². The quantitative estimate of drug-likeness (QED) is 0.585. The molecule has 34 heavy (non-hydrogen) atoms. The van der Waals surface area contributed by atoms with E-state index in [-0.39, 0.29) is 28.6 Å². The Hall–Kier alpha value is -2.46. The van der Waals surface area contributed by atoms with Crippen molar-refractivity contribution >= 4 is 11.7 Å². The zero-order chi connectivity index (χ0) is 24.7. The Morgan fingerprint density at radius 3 is 2.29 bits per heavy atom. The Bertz CT molecular complexity index is 1060. The summed E-state index contributed by atoms with van der Waals surface area (Å²) in [5, 5.41) is 3.15. The maximum atomic E-state index is 13.4. The molecule has 0 aromatic heterocycles. The molecule has 0 spiro atoms. The average Bonchev–Trinajstić information content (AvgIpc) is 2.79. The molecule has 1 amide bonds. The summed E-state index contributed by atoms with van der Waals surface area (Å²) in [5.41, 5.74) is 5.59. The minimum atomic E-state index is -0.0142. The molecular formula is C30H40N2O2. The number of hydrogen-bond donors (Lipinski definition) is 1. The number of benzene rings is 2. The van der Waals surface area contributed by atoms with Crippen LogP contribution in [0, 0.1) is 12.8 Å². The number of nitrogens with one attached hydrogen (secondary N) is 1. The average molecular weight is 461 g/mol. The van der Waals surface area contributed by atoms with Gasteiger partial charge in [-0.05, 0) is 77.8 Å². The van der Waals surface area contributed by atoms with Gasteiger partial charge in [0, 0.05) is 30.3 Å². The molecule has 182 valence electrons. The maximum Gasteiger partial charge on any atom is 0.251 e. The summed E-state index contributed by atoms with van der Waals surface area (Å²) in [5.74, 6) is 0.790. The summed E-state index contributed by atoms with van der Waals surface area (Å²) in [6.07, 6.45) is 2.87. The fraction of sp³-hybridized carbons (Fsp3) is 0.533. The van der Waals surface area contributed by atoms with Gasteiger partial charge in [-0.2, -0.15) is 0 Å². The van der Waals surface area contributed by atoms with Crippen LogP contribution in [-0.2, 0) is 10.8 Å². The molecule has 1 atom stereocenters. The summed E-state index contributed by atoms with van der Waals surface area (Å²) >= 11 is 0. The Balaban J connectivity index is 1.41. The van der Waals surface area contributed by atoms with Gasteiger partial charge in [-0.25, -0.2) is 0 Å². The molecule has 4 rings (SSSR count). The summed E-state index contributed by atoms with van der Waals surface area (Å²) in [4.78, 5) is 28.1. The monoisotopic (exact) mass is 460 g/mol.